The number of amides is 2. The van der Waals surface area contributed by atoms with Crippen LogP contribution in [0.3, 0.4) is 0 Å². The van der Waals surface area contributed by atoms with Gasteiger partial charge in [-0.2, -0.15) is 0 Å². The topological polar surface area (TPSA) is 48.5 Å². The highest BCUT2D eigenvalue weighted by atomic mass is 16.2. The van der Waals surface area contributed by atoms with E-state index in [4.69, 9.17) is 4.98 Å². The third-order valence-electron chi connectivity index (χ3n) is 4.93. The van der Waals surface area contributed by atoms with E-state index in [1.54, 1.807) is 0 Å². The molecule has 1 saturated heterocycles. The van der Waals surface area contributed by atoms with Crippen molar-refractivity contribution in [3.8, 4) is 0 Å². The number of para-hydroxylation sites is 2. The van der Waals surface area contributed by atoms with Gasteiger partial charge in [0.05, 0.1) is 16.7 Å². The fraction of sp³-hybridized carbons (Fsp3) is 0.300. The first-order valence-corrected chi connectivity index (χ1v) is 8.82. The maximum atomic E-state index is 12.8. The maximum Gasteiger partial charge on any atom is 0.321 e. The van der Waals surface area contributed by atoms with Crippen LogP contribution >= 0.6 is 0 Å². The summed E-state index contributed by atoms with van der Waals surface area (Å²) in [7, 11) is 0. The fourth-order valence-corrected chi connectivity index (χ4v) is 3.43. The zero-order valence-corrected chi connectivity index (χ0v) is 14.4. The summed E-state index contributed by atoms with van der Waals surface area (Å²) in [4.78, 5) is 21.8. The fourth-order valence-electron chi connectivity index (χ4n) is 3.43. The maximum absolute atomic E-state index is 12.8. The number of likely N-dealkylation sites (N-methyl/N-ethyl adjacent to an activating group) is 1. The molecule has 4 rings (SSSR count). The highest BCUT2D eigenvalue weighted by Crippen LogP contribution is 2.30. The second kappa shape index (κ2) is 6.69. The van der Waals surface area contributed by atoms with Gasteiger partial charge in [-0.1, -0.05) is 43.3 Å². The number of carbonyl (C=O) groups excluding carboxylic acids is 1. The summed E-state index contributed by atoms with van der Waals surface area (Å²) >= 11 is 0. The minimum absolute atomic E-state index is 0.0303. The first kappa shape index (κ1) is 15.8. The molecule has 2 heterocycles. The molecule has 0 radical (unpaired) electrons. The number of pyridine rings is 1. The number of anilines is 1. The molecule has 0 aliphatic carbocycles. The lowest BCUT2D eigenvalue weighted by Gasteiger charge is -2.34. The summed E-state index contributed by atoms with van der Waals surface area (Å²) in [6.07, 6.45) is 0. The van der Waals surface area contributed by atoms with Gasteiger partial charge in [-0.05, 0) is 18.7 Å². The smallest absolute Gasteiger partial charge is 0.321 e. The van der Waals surface area contributed by atoms with Crippen LogP contribution in [0.1, 0.15) is 6.92 Å². The summed E-state index contributed by atoms with van der Waals surface area (Å²) in [5, 5.41) is 5.11. The van der Waals surface area contributed by atoms with Crippen LogP contribution in [0.15, 0.2) is 48.5 Å². The number of hydrogen-bond acceptors (Lipinski definition) is 3. The van der Waals surface area contributed by atoms with Crippen molar-refractivity contribution < 1.29 is 4.79 Å². The third-order valence-corrected chi connectivity index (χ3v) is 4.93. The number of urea groups is 1. The number of carbonyl (C=O) groups is 1. The SMILES string of the molecule is CCN1CCN(C(=O)Nc2c3ccccc3nc3ccccc23)CC1. The Morgan fingerprint density at radius 2 is 1.52 bits per heavy atom. The molecular weight excluding hydrogens is 312 g/mol. The highest BCUT2D eigenvalue weighted by molar-refractivity contribution is 6.12. The Morgan fingerprint density at radius 1 is 0.960 bits per heavy atom. The van der Waals surface area contributed by atoms with Crippen LogP contribution < -0.4 is 5.32 Å². The van der Waals surface area contributed by atoms with Crippen LogP contribution in [0.5, 0.6) is 0 Å². The molecule has 5 nitrogen and oxygen atoms in total. The number of fused-ring (bicyclic) bond motifs is 2. The van der Waals surface area contributed by atoms with Crippen molar-refractivity contribution >= 4 is 33.5 Å². The van der Waals surface area contributed by atoms with Crippen molar-refractivity contribution in [3.05, 3.63) is 48.5 Å². The molecule has 2 amide bonds. The largest absolute Gasteiger partial charge is 0.322 e. The van der Waals surface area contributed by atoms with Crippen LogP contribution in [0.2, 0.25) is 0 Å². The van der Waals surface area contributed by atoms with Crippen LogP contribution in [0, 0.1) is 0 Å². The Morgan fingerprint density at radius 3 is 2.08 bits per heavy atom. The molecular formula is C20H22N4O. The van der Waals surface area contributed by atoms with Crippen LogP contribution in [-0.2, 0) is 0 Å². The predicted octanol–water partition coefficient (Wildman–Crippen LogP) is 3.56. The van der Waals surface area contributed by atoms with Gasteiger partial charge in [0.2, 0.25) is 0 Å². The summed E-state index contributed by atoms with van der Waals surface area (Å²) in [5.74, 6) is 0. The van der Waals surface area contributed by atoms with Gasteiger partial charge in [0.1, 0.15) is 0 Å². The Balaban J connectivity index is 1.69. The molecule has 25 heavy (non-hydrogen) atoms. The quantitative estimate of drug-likeness (QED) is 0.729. The van der Waals surface area contributed by atoms with Gasteiger partial charge in [-0.15, -0.1) is 0 Å². The van der Waals surface area contributed by atoms with E-state index in [1.165, 1.54) is 0 Å². The molecule has 0 spiro atoms. The van der Waals surface area contributed by atoms with E-state index < -0.39 is 0 Å². The van der Waals surface area contributed by atoms with Gasteiger partial charge >= 0.3 is 6.03 Å². The van der Waals surface area contributed by atoms with Gasteiger partial charge in [0.15, 0.2) is 0 Å². The van der Waals surface area contributed by atoms with E-state index in [2.05, 4.69) is 17.1 Å². The van der Waals surface area contributed by atoms with Gasteiger partial charge in [0.25, 0.3) is 0 Å². The third kappa shape index (κ3) is 3.03. The lowest BCUT2D eigenvalue weighted by molar-refractivity contribution is 0.151. The van der Waals surface area contributed by atoms with Crippen molar-refractivity contribution in [2.24, 2.45) is 0 Å². The number of benzene rings is 2. The zero-order chi connectivity index (χ0) is 17.2. The van der Waals surface area contributed by atoms with E-state index in [0.29, 0.717) is 0 Å². The Hall–Kier alpha value is -2.66. The standard InChI is InChI=1S/C20H22N4O/c1-2-23-11-13-24(14-12-23)20(25)22-19-15-7-3-5-9-17(15)21-18-10-6-4-8-16(18)19/h3-10H,2,11-14H2,1H3,(H,21,22,25). The average Bonchev–Trinajstić information content (AvgIpc) is 2.67. The molecule has 1 aliphatic rings. The highest BCUT2D eigenvalue weighted by Gasteiger charge is 2.21. The molecule has 128 valence electrons. The molecule has 0 bridgehead atoms. The van der Waals surface area contributed by atoms with Gasteiger partial charge in [-0.25, -0.2) is 9.78 Å². The van der Waals surface area contributed by atoms with Crippen molar-refractivity contribution in [3.63, 3.8) is 0 Å². The number of rotatable bonds is 2. The first-order chi connectivity index (χ1) is 12.3. The van der Waals surface area contributed by atoms with Gasteiger partial charge < -0.3 is 15.1 Å². The molecule has 1 N–H and O–H groups in total. The molecule has 0 saturated carbocycles. The van der Waals surface area contributed by atoms with Crippen molar-refractivity contribution in [1.82, 2.24) is 14.8 Å². The monoisotopic (exact) mass is 334 g/mol. The van der Waals surface area contributed by atoms with E-state index in [-0.39, 0.29) is 6.03 Å². The summed E-state index contributed by atoms with van der Waals surface area (Å²) in [5.41, 5.74) is 2.64. The predicted molar refractivity (Wildman–Crippen MR) is 102 cm³/mol. The number of piperazine rings is 1. The minimum Gasteiger partial charge on any atom is -0.322 e. The summed E-state index contributed by atoms with van der Waals surface area (Å²) < 4.78 is 0. The first-order valence-electron chi connectivity index (χ1n) is 8.82. The Labute approximate surface area is 147 Å². The number of aromatic nitrogens is 1. The summed E-state index contributed by atoms with van der Waals surface area (Å²) in [6, 6.07) is 15.9. The van der Waals surface area contributed by atoms with E-state index in [1.807, 2.05) is 53.4 Å². The molecule has 1 aromatic heterocycles. The van der Waals surface area contributed by atoms with Gasteiger partial charge in [0, 0.05) is 37.0 Å². The molecule has 1 aliphatic heterocycles. The second-order valence-corrected chi connectivity index (χ2v) is 6.37. The lowest BCUT2D eigenvalue weighted by atomic mass is 10.1. The average molecular weight is 334 g/mol. The number of nitrogens with zero attached hydrogens (tertiary/aromatic N) is 3. The molecule has 3 aromatic rings. The van der Waals surface area contributed by atoms with Crippen LogP contribution in [0.4, 0.5) is 10.5 Å². The molecule has 2 aromatic carbocycles. The lowest BCUT2D eigenvalue weighted by Crippen LogP contribution is -2.49. The zero-order valence-electron chi connectivity index (χ0n) is 14.4. The molecule has 0 atom stereocenters. The second-order valence-electron chi connectivity index (χ2n) is 6.37. The van der Waals surface area contributed by atoms with Crippen LogP contribution in [-0.4, -0.2) is 53.5 Å². The van der Waals surface area contributed by atoms with Crippen molar-refractivity contribution in [2.75, 3.05) is 38.0 Å². The molecule has 0 unspecified atom stereocenters. The van der Waals surface area contributed by atoms with E-state index >= 15 is 0 Å². The number of hydrogen-bond donors (Lipinski definition) is 1. The molecule has 1 fully saturated rings. The van der Waals surface area contributed by atoms with E-state index in [0.717, 1.165) is 60.2 Å². The normalized spacial score (nSPS) is 15.6. The van der Waals surface area contributed by atoms with Crippen molar-refractivity contribution in [2.45, 2.75) is 6.92 Å². The molecule has 5 heteroatoms. The Bertz CT molecular complexity index is 862. The van der Waals surface area contributed by atoms with Crippen molar-refractivity contribution in [1.29, 1.82) is 0 Å². The minimum atomic E-state index is -0.0303. The van der Waals surface area contributed by atoms with Gasteiger partial charge in [-0.3, -0.25) is 0 Å². The summed E-state index contributed by atoms with van der Waals surface area (Å²) in [6.45, 7) is 6.59. The van der Waals surface area contributed by atoms with Crippen LogP contribution in [0.25, 0.3) is 21.8 Å². The Kier molecular flexibility index (Phi) is 4.24. The van der Waals surface area contributed by atoms with E-state index in [9.17, 15) is 4.79 Å². The number of nitrogens with one attached hydrogen (secondary N) is 1.